The minimum Gasteiger partial charge on any atom is -0.469 e. The second-order valence-corrected chi connectivity index (χ2v) is 15.9. The largest absolute Gasteiger partial charge is 0.469 e. The maximum atomic E-state index is 13.0. The number of aromatic nitrogens is 4. The number of hydrogen-bond donors (Lipinski definition) is 4. The number of hydrogen-bond acceptors (Lipinski definition) is 16. The number of fused-ring (bicyclic) bond motifs is 1. The number of benzene rings is 1. The molecule has 3 rings (SSSR count). The zero-order valence-corrected chi connectivity index (χ0v) is 34.0. The lowest BCUT2D eigenvalue weighted by molar-refractivity contribution is -0.146. The molecule has 1 amide bonds. The Hall–Kier alpha value is -4.93. The van der Waals surface area contributed by atoms with Gasteiger partial charge in [0.25, 0.3) is 5.91 Å². The van der Waals surface area contributed by atoms with Gasteiger partial charge in [-0.2, -0.15) is 9.97 Å². The zero-order valence-electron chi connectivity index (χ0n) is 33.1. The monoisotopic (exact) mass is 789 g/mol. The first-order valence-electron chi connectivity index (χ1n) is 17.8. The molecule has 0 saturated heterocycles. The van der Waals surface area contributed by atoms with Gasteiger partial charge in [-0.3, -0.25) is 23.8 Å². The van der Waals surface area contributed by atoms with Gasteiger partial charge < -0.3 is 40.8 Å². The van der Waals surface area contributed by atoms with Crippen molar-refractivity contribution in [2.45, 2.75) is 78.6 Å². The summed E-state index contributed by atoms with van der Waals surface area (Å²) in [5.41, 5.74) is 13.7. The van der Waals surface area contributed by atoms with Crippen LogP contribution in [0.15, 0.2) is 30.5 Å². The third kappa shape index (κ3) is 14.7. The van der Waals surface area contributed by atoms with E-state index in [0.717, 1.165) is 26.5 Å². The van der Waals surface area contributed by atoms with E-state index in [-0.39, 0.29) is 42.2 Å². The van der Waals surface area contributed by atoms with Crippen molar-refractivity contribution < 1.29 is 42.8 Å². The van der Waals surface area contributed by atoms with Gasteiger partial charge in [0.2, 0.25) is 13.3 Å². The number of nitrogens with one attached hydrogen (secondary N) is 1. The van der Waals surface area contributed by atoms with Gasteiger partial charge in [0, 0.05) is 49.1 Å². The lowest BCUT2D eigenvalue weighted by Gasteiger charge is -2.28. The number of nitrogens with two attached hydrogens (primary N) is 2. The van der Waals surface area contributed by atoms with Crippen molar-refractivity contribution in [2.75, 3.05) is 63.6 Å². The summed E-state index contributed by atoms with van der Waals surface area (Å²) in [4.78, 5) is 80.7. The molecule has 0 spiro atoms. The number of carbonyl (C=O) groups is 4. The summed E-state index contributed by atoms with van der Waals surface area (Å²) in [6.45, 7) is 12.7. The van der Waals surface area contributed by atoms with Crippen LogP contribution in [0.2, 0.25) is 0 Å². The third-order valence-corrected chi connectivity index (χ3v) is 10.7. The highest BCUT2D eigenvalue weighted by atomic mass is 31.2. The molecule has 0 saturated carbocycles. The highest BCUT2D eigenvalue weighted by Crippen LogP contribution is 2.44. The van der Waals surface area contributed by atoms with Crippen molar-refractivity contribution >= 4 is 59.8 Å². The van der Waals surface area contributed by atoms with Gasteiger partial charge in [-0.25, -0.2) is 14.8 Å². The standard InChI is InChI=1S/C28H37N8O9P.C8H19N/c1-36(14-18-13-31-24-22(32-18)23(29)34-28(30)35-24)19-8-5-16(6-9-19)25(38)33-20(27(40)45-4)11-12-46(41,42)15-17(26(39)44-3)7-10-21(37)43-2;1-6-9(7(2)3)8(4)5/h5-6,8-9,13,17,20H,7,10-12,14-15H2,1-4H3,(H,33,38)(H,41,42)(H4,29,30,31,34,35);7-8H,6H2,1-5H3/t17?,20-;/m0./s1. The fourth-order valence-corrected chi connectivity index (χ4v) is 7.70. The van der Waals surface area contributed by atoms with Crippen molar-refractivity contribution in [2.24, 2.45) is 5.92 Å². The Kier molecular flexibility index (Phi) is 18.3. The maximum Gasteiger partial charge on any atom is 0.328 e. The smallest absolute Gasteiger partial charge is 0.328 e. The number of nitrogen functional groups attached to an aromatic ring is 2. The van der Waals surface area contributed by atoms with E-state index in [2.05, 4.69) is 69.5 Å². The van der Waals surface area contributed by atoms with Crippen LogP contribution >= 0.6 is 7.37 Å². The Labute approximate surface area is 322 Å². The Morgan fingerprint density at radius 2 is 1.53 bits per heavy atom. The Bertz CT molecular complexity index is 1790. The van der Waals surface area contributed by atoms with Gasteiger partial charge in [0.15, 0.2) is 17.0 Å². The van der Waals surface area contributed by atoms with Crippen molar-refractivity contribution in [1.82, 2.24) is 30.2 Å². The number of ether oxygens (including phenoxy) is 3. The number of amides is 1. The minimum absolute atomic E-state index is 0.00236. The summed E-state index contributed by atoms with van der Waals surface area (Å²) < 4.78 is 27.1. The van der Waals surface area contributed by atoms with Crippen LogP contribution in [0, 0.1) is 5.92 Å². The third-order valence-electron chi connectivity index (χ3n) is 8.69. The molecule has 0 aliphatic carbocycles. The predicted octanol–water partition coefficient (Wildman–Crippen LogP) is 3.02. The van der Waals surface area contributed by atoms with E-state index in [1.54, 1.807) is 30.5 Å². The highest BCUT2D eigenvalue weighted by Gasteiger charge is 2.32. The van der Waals surface area contributed by atoms with Crippen LogP contribution in [0.1, 0.15) is 69.9 Å². The normalized spacial score (nSPS) is 13.3. The summed E-state index contributed by atoms with van der Waals surface area (Å²) in [5.74, 6) is -3.69. The Balaban J connectivity index is 0.00000103. The van der Waals surface area contributed by atoms with Crippen LogP contribution in [0.3, 0.4) is 0 Å². The molecule has 3 aromatic rings. The molecule has 55 heavy (non-hydrogen) atoms. The fraction of sp³-hybridized carbons (Fsp3) is 0.556. The van der Waals surface area contributed by atoms with Crippen molar-refractivity contribution in [3.05, 3.63) is 41.7 Å². The van der Waals surface area contributed by atoms with Crippen LogP contribution in [0.4, 0.5) is 17.5 Å². The van der Waals surface area contributed by atoms with E-state index in [4.69, 9.17) is 20.9 Å². The Morgan fingerprint density at radius 1 is 0.909 bits per heavy atom. The maximum absolute atomic E-state index is 13.0. The van der Waals surface area contributed by atoms with E-state index in [1.807, 2.05) is 11.9 Å². The van der Waals surface area contributed by atoms with Crippen LogP contribution in [0.5, 0.6) is 0 Å². The fourth-order valence-electron chi connectivity index (χ4n) is 5.83. The van der Waals surface area contributed by atoms with Crippen molar-refractivity contribution in [3.63, 3.8) is 0 Å². The molecule has 1 aromatic carbocycles. The van der Waals surface area contributed by atoms with Gasteiger partial charge in [-0.05, 0) is 71.3 Å². The molecular weight excluding hydrogens is 733 g/mol. The van der Waals surface area contributed by atoms with Gasteiger partial charge >= 0.3 is 17.9 Å². The topological polar surface area (TPSA) is 255 Å². The number of rotatable bonds is 18. The number of nitrogens with zero attached hydrogens (tertiary/aromatic N) is 6. The van der Waals surface area contributed by atoms with E-state index in [9.17, 15) is 28.6 Å². The molecule has 0 aliphatic rings. The molecule has 2 aromatic heterocycles. The SMILES string of the molecule is CCN(C(C)C)C(C)C.COC(=O)CCC(CP(=O)(O)CC[C@H](NC(=O)c1ccc(N(C)Cc2cnc3nc(N)nc(N)c3n2)cc1)C(=O)OC)C(=O)OC. The first-order valence-corrected chi connectivity index (χ1v) is 19.8. The Morgan fingerprint density at radius 3 is 2.05 bits per heavy atom. The molecule has 0 radical (unpaired) electrons. The molecule has 0 aliphatic heterocycles. The lowest BCUT2D eigenvalue weighted by atomic mass is 10.1. The van der Waals surface area contributed by atoms with Crippen LogP contribution in [-0.4, -0.2) is 119 Å². The second-order valence-electron chi connectivity index (χ2n) is 13.3. The molecule has 2 heterocycles. The molecule has 0 fully saturated rings. The highest BCUT2D eigenvalue weighted by molar-refractivity contribution is 7.58. The number of anilines is 3. The predicted molar refractivity (Wildman–Crippen MR) is 209 cm³/mol. The number of esters is 3. The van der Waals surface area contributed by atoms with E-state index < -0.39 is 55.5 Å². The van der Waals surface area contributed by atoms with Gasteiger partial charge in [-0.15, -0.1) is 0 Å². The molecule has 3 atom stereocenters. The van der Waals surface area contributed by atoms with E-state index in [0.29, 0.717) is 29.8 Å². The van der Waals surface area contributed by atoms with Crippen LogP contribution < -0.4 is 21.7 Å². The second kappa shape index (κ2) is 21.8. The first kappa shape index (κ1) is 46.2. The average Bonchev–Trinajstić information content (AvgIpc) is 3.14. The van der Waals surface area contributed by atoms with Gasteiger partial charge in [0.1, 0.15) is 6.04 Å². The number of carbonyl (C=O) groups excluding carboxylic acids is 4. The molecule has 18 nitrogen and oxygen atoms in total. The molecule has 304 valence electrons. The van der Waals surface area contributed by atoms with Crippen LogP contribution in [0.25, 0.3) is 11.2 Å². The molecule has 6 N–H and O–H groups in total. The zero-order chi connectivity index (χ0) is 41.5. The van der Waals surface area contributed by atoms with E-state index >= 15 is 0 Å². The quantitative estimate of drug-likeness (QED) is 0.0820. The lowest BCUT2D eigenvalue weighted by Crippen LogP contribution is -2.42. The summed E-state index contributed by atoms with van der Waals surface area (Å²) in [6, 6.07) is 6.62. The summed E-state index contributed by atoms with van der Waals surface area (Å²) in [6.07, 6.45) is 0.208. The molecule has 2 unspecified atom stereocenters. The summed E-state index contributed by atoms with van der Waals surface area (Å²) in [7, 11) is 1.24. The summed E-state index contributed by atoms with van der Waals surface area (Å²) in [5, 5.41) is 2.54. The van der Waals surface area contributed by atoms with Gasteiger partial charge in [-0.1, -0.05) is 6.92 Å². The minimum atomic E-state index is -4.02. The van der Waals surface area contributed by atoms with E-state index in [1.165, 1.54) is 7.11 Å². The summed E-state index contributed by atoms with van der Waals surface area (Å²) >= 11 is 0. The van der Waals surface area contributed by atoms with Crippen LogP contribution in [-0.2, 0) is 39.7 Å². The first-order chi connectivity index (χ1) is 25.9. The van der Waals surface area contributed by atoms with Crippen molar-refractivity contribution in [3.8, 4) is 0 Å². The molecule has 19 heteroatoms. The van der Waals surface area contributed by atoms with Gasteiger partial charge in [0.05, 0.1) is 45.7 Å². The average molecular weight is 790 g/mol. The molecular formula is C36H56N9O9P. The van der Waals surface area contributed by atoms with Crippen molar-refractivity contribution in [1.29, 1.82) is 0 Å². The molecule has 0 bridgehead atoms. The number of methoxy groups -OCH3 is 3.